The number of rotatable bonds is 7. The van der Waals surface area contributed by atoms with E-state index in [0.717, 1.165) is 4.47 Å². The summed E-state index contributed by atoms with van der Waals surface area (Å²) in [5.74, 6) is 0.104. The summed E-state index contributed by atoms with van der Waals surface area (Å²) in [6.07, 6.45) is -0.0363. The topological polar surface area (TPSA) is 84.5 Å². The highest BCUT2D eigenvalue weighted by atomic mass is 79.9. The van der Waals surface area contributed by atoms with Crippen LogP contribution in [-0.4, -0.2) is 28.0 Å². The van der Waals surface area contributed by atoms with Crippen molar-refractivity contribution < 1.29 is 17.9 Å². The van der Waals surface area contributed by atoms with Gasteiger partial charge in [-0.2, -0.15) is 0 Å². The third-order valence-electron chi connectivity index (χ3n) is 3.20. The fourth-order valence-corrected chi connectivity index (χ4v) is 3.45. The van der Waals surface area contributed by atoms with Crippen molar-refractivity contribution in [2.24, 2.45) is 0 Å². The van der Waals surface area contributed by atoms with Crippen molar-refractivity contribution in [2.75, 3.05) is 19.0 Å². The quantitative estimate of drug-likeness (QED) is 0.681. The van der Waals surface area contributed by atoms with Crippen LogP contribution in [0.25, 0.3) is 0 Å². The molecule has 0 saturated carbocycles. The summed E-state index contributed by atoms with van der Waals surface area (Å²) < 4.78 is 32.6. The molecule has 6 nitrogen and oxygen atoms in total. The largest absolute Gasteiger partial charge is 0.495 e. The van der Waals surface area contributed by atoms with Crippen LogP contribution in [0.5, 0.6) is 5.75 Å². The molecule has 0 radical (unpaired) electrons. The maximum absolute atomic E-state index is 12.1. The first kappa shape index (κ1) is 19.7. The standard InChI is InChI=1S/C16H16BrClN2O4S/c1-24-15-7-4-12(18)10-14(15)20-16(21)8-9-19-25(22,23)13-5-2-11(17)3-6-13/h2-7,10,19H,8-9H2,1H3,(H,20,21). The number of hydrogen-bond acceptors (Lipinski definition) is 4. The Kier molecular flexibility index (Phi) is 6.83. The normalized spacial score (nSPS) is 11.2. The lowest BCUT2D eigenvalue weighted by Crippen LogP contribution is -2.27. The zero-order chi connectivity index (χ0) is 18.4. The molecule has 0 heterocycles. The molecule has 0 atom stereocenters. The summed E-state index contributed by atoms with van der Waals surface area (Å²) >= 11 is 9.14. The van der Waals surface area contributed by atoms with Crippen molar-refractivity contribution >= 4 is 49.1 Å². The van der Waals surface area contributed by atoms with E-state index in [1.165, 1.54) is 19.2 Å². The van der Waals surface area contributed by atoms with Crippen LogP contribution in [-0.2, 0) is 14.8 Å². The van der Waals surface area contributed by atoms with Crippen molar-refractivity contribution in [3.63, 3.8) is 0 Å². The van der Waals surface area contributed by atoms with E-state index >= 15 is 0 Å². The first-order chi connectivity index (χ1) is 11.8. The molecule has 0 unspecified atom stereocenters. The minimum atomic E-state index is -3.66. The number of halogens is 2. The average molecular weight is 448 g/mol. The van der Waals surface area contributed by atoms with E-state index < -0.39 is 10.0 Å². The van der Waals surface area contributed by atoms with Crippen LogP contribution in [0.2, 0.25) is 5.02 Å². The van der Waals surface area contributed by atoms with Crippen LogP contribution in [0, 0.1) is 0 Å². The van der Waals surface area contributed by atoms with Gasteiger partial charge >= 0.3 is 0 Å². The Hall–Kier alpha value is -1.61. The number of carbonyl (C=O) groups is 1. The van der Waals surface area contributed by atoms with Crippen LogP contribution >= 0.6 is 27.5 Å². The molecule has 0 aromatic heterocycles. The summed E-state index contributed by atoms with van der Waals surface area (Å²) in [6, 6.07) is 11.0. The van der Waals surface area contributed by atoms with Gasteiger partial charge < -0.3 is 10.1 Å². The van der Waals surface area contributed by atoms with Gasteiger partial charge in [-0.15, -0.1) is 0 Å². The van der Waals surface area contributed by atoms with Crippen LogP contribution in [0.3, 0.4) is 0 Å². The van der Waals surface area contributed by atoms with Gasteiger partial charge in [0.2, 0.25) is 15.9 Å². The predicted octanol–water partition coefficient (Wildman–Crippen LogP) is 3.42. The van der Waals surface area contributed by atoms with Gasteiger partial charge in [0.05, 0.1) is 17.7 Å². The monoisotopic (exact) mass is 446 g/mol. The van der Waals surface area contributed by atoms with E-state index in [1.807, 2.05) is 0 Å². The Bertz CT molecular complexity index is 857. The van der Waals surface area contributed by atoms with E-state index in [-0.39, 0.29) is 23.8 Å². The van der Waals surface area contributed by atoms with Crippen molar-refractivity contribution in [2.45, 2.75) is 11.3 Å². The molecule has 2 aromatic carbocycles. The van der Waals surface area contributed by atoms with Gasteiger partial charge in [-0.05, 0) is 42.5 Å². The van der Waals surface area contributed by atoms with Gasteiger partial charge in [0, 0.05) is 22.5 Å². The molecule has 25 heavy (non-hydrogen) atoms. The highest BCUT2D eigenvalue weighted by Gasteiger charge is 2.14. The zero-order valence-electron chi connectivity index (χ0n) is 13.3. The summed E-state index contributed by atoms with van der Waals surface area (Å²) in [6.45, 7) is -0.0346. The van der Waals surface area contributed by atoms with Gasteiger partial charge in [0.15, 0.2) is 0 Å². The molecule has 9 heteroatoms. The van der Waals surface area contributed by atoms with Crippen molar-refractivity contribution in [1.29, 1.82) is 0 Å². The van der Waals surface area contributed by atoms with E-state index in [2.05, 4.69) is 26.0 Å². The predicted molar refractivity (Wildman–Crippen MR) is 101 cm³/mol. The molecule has 2 aromatic rings. The summed E-state index contributed by atoms with van der Waals surface area (Å²) in [5.41, 5.74) is 0.427. The molecule has 0 aliphatic carbocycles. The molecular weight excluding hydrogens is 432 g/mol. The lowest BCUT2D eigenvalue weighted by Gasteiger charge is -2.11. The number of benzene rings is 2. The summed E-state index contributed by atoms with van der Waals surface area (Å²) in [4.78, 5) is 12.1. The van der Waals surface area contributed by atoms with Crippen molar-refractivity contribution in [1.82, 2.24) is 4.72 Å². The second-order valence-corrected chi connectivity index (χ2v) is 8.11. The molecule has 0 spiro atoms. The van der Waals surface area contributed by atoms with Gasteiger partial charge in [0.1, 0.15) is 5.75 Å². The molecule has 2 N–H and O–H groups in total. The van der Waals surface area contributed by atoms with E-state index in [1.54, 1.807) is 30.3 Å². The first-order valence-electron chi connectivity index (χ1n) is 7.20. The maximum Gasteiger partial charge on any atom is 0.240 e. The summed E-state index contributed by atoms with van der Waals surface area (Å²) in [7, 11) is -2.18. The number of sulfonamides is 1. The Morgan fingerprint density at radius 3 is 2.52 bits per heavy atom. The molecule has 134 valence electrons. The smallest absolute Gasteiger partial charge is 0.240 e. The fourth-order valence-electron chi connectivity index (χ4n) is 1.99. The molecule has 2 rings (SSSR count). The van der Waals surface area contributed by atoms with E-state index in [0.29, 0.717) is 16.5 Å². The number of amides is 1. The second kappa shape index (κ2) is 8.66. The highest BCUT2D eigenvalue weighted by Crippen LogP contribution is 2.27. The third-order valence-corrected chi connectivity index (χ3v) is 5.44. The summed E-state index contributed by atoms with van der Waals surface area (Å²) in [5, 5.41) is 3.10. The minimum Gasteiger partial charge on any atom is -0.495 e. The maximum atomic E-state index is 12.1. The first-order valence-corrected chi connectivity index (χ1v) is 9.86. The molecule has 0 fully saturated rings. The number of hydrogen-bond donors (Lipinski definition) is 2. The Labute approximate surface area is 159 Å². The fraction of sp³-hybridized carbons (Fsp3) is 0.188. The van der Waals surface area contributed by atoms with Crippen LogP contribution in [0.15, 0.2) is 51.8 Å². The lowest BCUT2D eigenvalue weighted by atomic mass is 10.2. The molecular formula is C16H16BrClN2O4S. The second-order valence-electron chi connectivity index (χ2n) is 4.99. The Balaban J connectivity index is 1.92. The lowest BCUT2D eigenvalue weighted by molar-refractivity contribution is -0.116. The zero-order valence-corrected chi connectivity index (χ0v) is 16.4. The van der Waals surface area contributed by atoms with Gasteiger partial charge in [0.25, 0.3) is 0 Å². The van der Waals surface area contributed by atoms with Gasteiger partial charge in [-0.25, -0.2) is 13.1 Å². The number of nitrogens with one attached hydrogen (secondary N) is 2. The average Bonchev–Trinajstić information content (AvgIpc) is 2.55. The SMILES string of the molecule is COc1ccc(Cl)cc1NC(=O)CCNS(=O)(=O)c1ccc(Br)cc1. The van der Waals surface area contributed by atoms with E-state index in [4.69, 9.17) is 16.3 Å². The third kappa shape index (κ3) is 5.71. The molecule has 0 aliphatic rings. The van der Waals surface area contributed by atoms with Crippen LogP contribution in [0.4, 0.5) is 5.69 Å². The van der Waals surface area contributed by atoms with Crippen LogP contribution < -0.4 is 14.8 Å². The van der Waals surface area contributed by atoms with E-state index in [9.17, 15) is 13.2 Å². The highest BCUT2D eigenvalue weighted by molar-refractivity contribution is 9.10. The van der Waals surface area contributed by atoms with Crippen LogP contribution in [0.1, 0.15) is 6.42 Å². The minimum absolute atomic E-state index is 0.0346. The van der Waals surface area contributed by atoms with Crippen molar-refractivity contribution in [3.05, 3.63) is 52.0 Å². The molecule has 0 bridgehead atoms. The molecule has 0 aliphatic heterocycles. The number of methoxy groups -OCH3 is 1. The Morgan fingerprint density at radius 1 is 1.20 bits per heavy atom. The number of ether oxygens (including phenoxy) is 1. The number of anilines is 1. The van der Waals surface area contributed by atoms with Gasteiger partial charge in [-0.3, -0.25) is 4.79 Å². The van der Waals surface area contributed by atoms with Crippen molar-refractivity contribution in [3.8, 4) is 5.75 Å². The molecule has 1 amide bonds. The van der Waals surface area contributed by atoms with Gasteiger partial charge in [-0.1, -0.05) is 27.5 Å². The molecule has 0 saturated heterocycles. The Morgan fingerprint density at radius 2 is 1.88 bits per heavy atom. The number of carbonyl (C=O) groups excluding carboxylic acids is 1.